The fourth-order valence-electron chi connectivity index (χ4n) is 2.29. The average Bonchev–Trinajstić information content (AvgIpc) is 2.32. The molecule has 0 heteroatoms. The molecule has 0 heterocycles. The Morgan fingerprint density at radius 2 is 2.00 bits per heavy atom. The van der Waals surface area contributed by atoms with Gasteiger partial charge >= 0.3 is 0 Å². The van der Waals surface area contributed by atoms with E-state index in [-0.39, 0.29) is 0 Å². The summed E-state index contributed by atoms with van der Waals surface area (Å²) in [5.41, 5.74) is 3.44. The summed E-state index contributed by atoms with van der Waals surface area (Å²) in [4.78, 5) is 0. The van der Waals surface area contributed by atoms with E-state index in [9.17, 15) is 0 Å². The third kappa shape index (κ3) is 2.72. The highest BCUT2D eigenvalue weighted by Gasteiger charge is 2.25. The van der Waals surface area contributed by atoms with Crippen LogP contribution in [0.3, 0.4) is 0 Å². The SMILES string of the molecule is CC1=CCC(C(C)(C)CC(C)C)=C1. The Kier molecular flexibility index (Phi) is 3.00. The molecule has 0 N–H and O–H groups in total. The van der Waals surface area contributed by atoms with Gasteiger partial charge in [-0.15, -0.1) is 0 Å². The second-order valence-corrected chi connectivity index (χ2v) is 5.30. The minimum Gasteiger partial charge on any atom is -0.0775 e. The first-order valence-corrected chi connectivity index (χ1v) is 5.29. The van der Waals surface area contributed by atoms with Crippen molar-refractivity contribution < 1.29 is 0 Å². The van der Waals surface area contributed by atoms with Gasteiger partial charge in [-0.3, -0.25) is 0 Å². The van der Waals surface area contributed by atoms with Gasteiger partial charge in [0.25, 0.3) is 0 Å². The van der Waals surface area contributed by atoms with E-state index >= 15 is 0 Å². The standard InChI is InChI=1S/C13H22/c1-10(2)9-13(4,5)12-7-6-11(3)8-12/h6,8,10H,7,9H2,1-5H3. The predicted molar refractivity (Wildman–Crippen MR) is 59.7 cm³/mol. The Morgan fingerprint density at radius 3 is 2.38 bits per heavy atom. The molecule has 0 nitrogen and oxygen atoms in total. The molecule has 0 aromatic carbocycles. The molecule has 0 saturated carbocycles. The van der Waals surface area contributed by atoms with Crippen molar-refractivity contribution >= 4 is 0 Å². The third-order valence-electron chi connectivity index (χ3n) is 2.83. The summed E-state index contributed by atoms with van der Waals surface area (Å²) in [6, 6.07) is 0. The summed E-state index contributed by atoms with van der Waals surface area (Å²) in [5.74, 6) is 0.789. The third-order valence-corrected chi connectivity index (χ3v) is 2.83. The van der Waals surface area contributed by atoms with E-state index in [1.165, 1.54) is 18.4 Å². The van der Waals surface area contributed by atoms with E-state index < -0.39 is 0 Å². The fraction of sp³-hybridized carbons (Fsp3) is 0.692. The van der Waals surface area contributed by atoms with Crippen LogP contribution in [0.25, 0.3) is 0 Å². The van der Waals surface area contributed by atoms with Crippen molar-refractivity contribution in [3.63, 3.8) is 0 Å². The molecule has 13 heavy (non-hydrogen) atoms. The smallest absolute Gasteiger partial charge is 0.0125 e. The maximum Gasteiger partial charge on any atom is -0.0125 e. The van der Waals surface area contributed by atoms with Crippen LogP contribution in [-0.2, 0) is 0 Å². The maximum atomic E-state index is 2.37. The second kappa shape index (κ2) is 3.69. The average molecular weight is 178 g/mol. The molecule has 0 aliphatic heterocycles. The normalized spacial score (nSPS) is 17.7. The monoisotopic (exact) mass is 178 g/mol. The Balaban J connectivity index is 2.66. The quantitative estimate of drug-likeness (QED) is 0.603. The molecule has 0 aromatic heterocycles. The van der Waals surface area contributed by atoms with Gasteiger partial charge in [0.05, 0.1) is 0 Å². The molecule has 0 fully saturated rings. The molecule has 0 amide bonds. The molecule has 0 bridgehead atoms. The maximum absolute atomic E-state index is 2.37. The highest BCUT2D eigenvalue weighted by Crippen LogP contribution is 2.38. The highest BCUT2D eigenvalue weighted by atomic mass is 14.3. The van der Waals surface area contributed by atoms with Crippen LogP contribution < -0.4 is 0 Å². The van der Waals surface area contributed by atoms with E-state index in [0.717, 1.165) is 5.92 Å². The first kappa shape index (κ1) is 10.6. The summed E-state index contributed by atoms with van der Waals surface area (Å²) >= 11 is 0. The van der Waals surface area contributed by atoms with Crippen LogP contribution in [0.15, 0.2) is 23.3 Å². The first-order valence-electron chi connectivity index (χ1n) is 5.29. The van der Waals surface area contributed by atoms with Crippen LogP contribution in [0.1, 0.15) is 47.5 Å². The molecule has 74 valence electrons. The molecular formula is C13H22. The molecular weight excluding hydrogens is 156 g/mol. The van der Waals surface area contributed by atoms with Gasteiger partial charge in [0, 0.05) is 0 Å². The molecule has 0 radical (unpaired) electrons. The molecule has 1 aliphatic rings. The second-order valence-electron chi connectivity index (χ2n) is 5.30. The molecule has 1 rings (SSSR count). The zero-order valence-corrected chi connectivity index (χ0v) is 9.65. The lowest BCUT2D eigenvalue weighted by molar-refractivity contribution is 0.341. The van der Waals surface area contributed by atoms with E-state index in [4.69, 9.17) is 0 Å². The molecule has 0 aromatic rings. The van der Waals surface area contributed by atoms with Crippen LogP contribution in [0, 0.1) is 11.3 Å². The van der Waals surface area contributed by atoms with E-state index in [0.29, 0.717) is 5.41 Å². The van der Waals surface area contributed by atoms with Crippen molar-refractivity contribution in [2.75, 3.05) is 0 Å². The van der Waals surface area contributed by atoms with Crippen LogP contribution in [0.4, 0.5) is 0 Å². The summed E-state index contributed by atoms with van der Waals surface area (Å²) in [6.45, 7) is 11.5. The van der Waals surface area contributed by atoms with E-state index in [1.807, 2.05) is 0 Å². The van der Waals surface area contributed by atoms with Crippen molar-refractivity contribution in [2.45, 2.75) is 47.5 Å². The van der Waals surface area contributed by atoms with Gasteiger partial charge in [0.2, 0.25) is 0 Å². The van der Waals surface area contributed by atoms with Crippen molar-refractivity contribution in [1.29, 1.82) is 0 Å². The summed E-state index contributed by atoms with van der Waals surface area (Å²) in [5, 5.41) is 0. The van der Waals surface area contributed by atoms with Crippen molar-refractivity contribution in [2.24, 2.45) is 11.3 Å². The summed E-state index contributed by atoms with van der Waals surface area (Å²) in [6.07, 6.45) is 7.16. The van der Waals surface area contributed by atoms with Crippen LogP contribution >= 0.6 is 0 Å². The highest BCUT2D eigenvalue weighted by molar-refractivity contribution is 5.34. The van der Waals surface area contributed by atoms with Crippen molar-refractivity contribution in [3.05, 3.63) is 23.3 Å². The zero-order chi connectivity index (χ0) is 10.1. The lowest BCUT2D eigenvalue weighted by atomic mass is 9.77. The first-order chi connectivity index (χ1) is 5.92. The minimum absolute atomic E-state index is 0.391. The number of hydrogen-bond donors (Lipinski definition) is 0. The predicted octanol–water partition coefficient (Wildman–Crippen LogP) is 4.34. The van der Waals surface area contributed by atoms with E-state index in [1.54, 1.807) is 5.57 Å². The fourth-order valence-corrected chi connectivity index (χ4v) is 2.29. The zero-order valence-electron chi connectivity index (χ0n) is 9.65. The molecule has 0 atom stereocenters. The van der Waals surface area contributed by atoms with Crippen LogP contribution in [0.2, 0.25) is 0 Å². The Labute approximate surface area is 82.7 Å². The Bertz CT molecular complexity index is 239. The molecule has 0 saturated heterocycles. The molecule has 0 unspecified atom stereocenters. The van der Waals surface area contributed by atoms with Gasteiger partial charge in [0.1, 0.15) is 0 Å². The number of rotatable bonds is 3. The summed E-state index contributed by atoms with van der Waals surface area (Å²) in [7, 11) is 0. The van der Waals surface area contributed by atoms with E-state index in [2.05, 4.69) is 46.8 Å². The van der Waals surface area contributed by atoms with Gasteiger partial charge in [-0.05, 0) is 31.1 Å². The lowest BCUT2D eigenvalue weighted by Crippen LogP contribution is -2.16. The summed E-state index contributed by atoms with van der Waals surface area (Å²) < 4.78 is 0. The Morgan fingerprint density at radius 1 is 1.38 bits per heavy atom. The van der Waals surface area contributed by atoms with Gasteiger partial charge in [0.15, 0.2) is 0 Å². The Hall–Kier alpha value is -0.520. The van der Waals surface area contributed by atoms with Gasteiger partial charge in [-0.25, -0.2) is 0 Å². The number of hydrogen-bond acceptors (Lipinski definition) is 0. The van der Waals surface area contributed by atoms with Gasteiger partial charge in [-0.2, -0.15) is 0 Å². The lowest BCUT2D eigenvalue weighted by Gasteiger charge is -2.28. The van der Waals surface area contributed by atoms with Crippen LogP contribution in [0.5, 0.6) is 0 Å². The van der Waals surface area contributed by atoms with Gasteiger partial charge in [-0.1, -0.05) is 51.0 Å². The molecule has 0 spiro atoms. The largest absolute Gasteiger partial charge is 0.0775 e. The minimum atomic E-state index is 0.391. The van der Waals surface area contributed by atoms with Crippen molar-refractivity contribution in [1.82, 2.24) is 0 Å². The number of allylic oxidation sites excluding steroid dienone is 4. The van der Waals surface area contributed by atoms with Crippen molar-refractivity contribution in [3.8, 4) is 0 Å². The van der Waals surface area contributed by atoms with Gasteiger partial charge < -0.3 is 0 Å². The van der Waals surface area contributed by atoms with Crippen LogP contribution in [-0.4, -0.2) is 0 Å². The topological polar surface area (TPSA) is 0 Å². The molecule has 1 aliphatic carbocycles.